The lowest BCUT2D eigenvalue weighted by atomic mass is 10.1. The topological polar surface area (TPSA) is 46.4 Å². The van der Waals surface area contributed by atoms with Gasteiger partial charge in [0, 0.05) is 18.7 Å². The lowest BCUT2D eigenvalue weighted by molar-refractivity contribution is -0.380. The molecule has 0 unspecified atom stereocenters. The molecule has 0 spiro atoms. The van der Waals surface area contributed by atoms with E-state index < -0.39 is 0 Å². The number of nitrogens with zero attached hydrogens (tertiary/aromatic N) is 2. The van der Waals surface area contributed by atoms with Crippen molar-refractivity contribution >= 4 is 21.3 Å². The van der Waals surface area contributed by atoms with Crippen molar-refractivity contribution in [2.24, 2.45) is 0 Å². The minimum Gasteiger partial charge on any atom is -0.363 e. The Balaban J connectivity index is 2.04. The highest BCUT2D eigenvalue weighted by atomic mass is 32.1. The van der Waals surface area contributed by atoms with Crippen LogP contribution in [0.3, 0.4) is 0 Å². The second kappa shape index (κ2) is 7.62. The molecule has 1 saturated heterocycles. The average Bonchev–Trinajstić information content (AvgIpc) is 2.89. The van der Waals surface area contributed by atoms with Crippen LogP contribution in [-0.4, -0.2) is 18.0 Å². The van der Waals surface area contributed by atoms with Gasteiger partial charge in [-0.25, -0.2) is 0 Å². The summed E-state index contributed by atoms with van der Waals surface area (Å²) in [5.41, 5.74) is 0.941. The summed E-state index contributed by atoms with van der Waals surface area (Å²) in [5, 5.41) is 12.7. The van der Waals surface area contributed by atoms with Crippen molar-refractivity contribution in [1.29, 1.82) is 0 Å². The highest BCUT2D eigenvalue weighted by molar-refractivity contribution is 7.19. The van der Waals surface area contributed by atoms with Crippen LogP contribution in [0.1, 0.15) is 57.4 Å². The molecule has 0 aliphatic carbocycles. The molecule has 1 aromatic heterocycles. The Morgan fingerprint density at radius 3 is 2.65 bits per heavy atom. The summed E-state index contributed by atoms with van der Waals surface area (Å²) in [6.07, 6.45) is 9.19. The smallest absolute Gasteiger partial charge is 0.329 e. The van der Waals surface area contributed by atoms with Crippen molar-refractivity contribution in [1.82, 2.24) is 0 Å². The standard InChI is InChI=1S/C15H24N2O2S/c1-2-3-4-6-9-13-12-14(20-15(13)17(18)19)16-10-7-5-8-11-16/h12H,2-11H2,1H3. The number of unbranched alkanes of at least 4 members (excludes halogenated alkanes) is 3. The van der Waals surface area contributed by atoms with Gasteiger partial charge in [0.25, 0.3) is 0 Å². The third-order valence-corrected chi connectivity index (χ3v) is 5.10. The second-order valence-electron chi connectivity index (χ2n) is 5.53. The molecular formula is C15H24N2O2S. The van der Waals surface area contributed by atoms with Gasteiger partial charge in [-0.05, 0) is 49.5 Å². The van der Waals surface area contributed by atoms with Gasteiger partial charge < -0.3 is 4.90 Å². The lowest BCUT2D eigenvalue weighted by Gasteiger charge is -2.26. The fourth-order valence-electron chi connectivity index (χ4n) is 2.75. The summed E-state index contributed by atoms with van der Waals surface area (Å²) in [4.78, 5) is 13.3. The highest BCUT2D eigenvalue weighted by Gasteiger charge is 2.22. The molecule has 2 rings (SSSR count). The zero-order valence-electron chi connectivity index (χ0n) is 12.3. The molecule has 0 bridgehead atoms. The normalized spacial score (nSPS) is 15.6. The van der Waals surface area contributed by atoms with Crippen LogP contribution in [0.15, 0.2) is 6.07 Å². The fraction of sp³-hybridized carbons (Fsp3) is 0.733. The molecule has 20 heavy (non-hydrogen) atoms. The van der Waals surface area contributed by atoms with Crippen molar-refractivity contribution in [3.05, 3.63) is 21.7 Å². The molecule has 0 saturated carbocycles. The summed E-state index contributed by atoms with van der Waals surface area (Å²) in [6.45, 7) is 4.28. The molecule has 1 aliphatic rings. The summed E-state index contributed by atoms with van der Waals surface area (Å²) in [7, 11) is 0. The first-order valence-electron chi connectivity index (χ1n) is 7.74. The lowest BCUT2D eigenvalue weighted by Crippen LogP contribution is -2.28. The van der Waals surface area contributed by atoms with Crippen LogP contribution < -0.4 is 4.90 Å². The van der Waals surface area contributed by atoms with Crippen LogP contribution in [-0.2, 0) is 6.42 Å². The highest BCUT2D eigenvalue weighted by Crippen LogP contribution is 2.38. The molecule has 0 aromatic carbocycles. The zero-order chi connectivity index (χ0) is 14.4. The van der Waals surface area contributed by atoms with E-state index in [1.54, 1.807) is 0 Å². The van der Waals surface area contributed by atoms with Crippen molar-refractivity contribution in [2.45, 2.75) is 58.3 Å². The Hall–Kier alpha value is -1.10. The third kappa shape index (κ3) is 3.95. The number of hydrogen-bond acceptors (Lipinski definition) is 4. The van der Waals surface area contributed by atoms with Gasteiger partial charge in [0.2, 0.25) is 0 Å². The van der Waals surface area contributed by atoms with E-state index in [1.165, 1.54) is 49.9 Å². The maximum atomic E-state index is 11.2. The van der Waals surface area contributed by atoms with Crippen LogP contribution >= 0.6 is 11.3 Å². The number of anilines is 1. The van der Waals surface area contributed by atoms with Crippen LogP contribution in [0.2, 0.25) is 0 Å². The molecular weight excluding hydrogens is 272 g/mol. The summed E-state index contributed by atoms with van der Waals surface area (Å²) in [6, 6.07) is 2.07. The quantitative estimate of drug-likeness (QED) is 0.413. The number of thiophene rings is 1. The van der Waals surface area contributed by atoms with E-state index in [1.807, 2.05) is 0 Å². The Morgan fingerprint density at radius 1 is 1.25 bits per heavy atom. The van der Waals surface area contributed by atoms with Crippen LogP contribution in [0.25, 0.3) is 0 Å². The summed E-state index contributed by atoms with van der Waals surface area (Å²) in [5.74, 6) is 0. The molecule has 4 nitrogen and oxygen atoms in total. The van der Waals surface area contributed by atoms with Gasteiger partial charge in [0.1, 0.15) is 0 Å². The van der Waals surface area contributed by atoms with Gasteiger partial charge in [-0.15, -0.1) is 0 Å². The number of nitro groups is 1. The van der Waals surface area contributed by atoms with Gasteiger partial charge in [0.05, 0.1) is 9.92 Å². The van der Waals surface area contributed by atoms with Gasteiger partial charge >= 0.3 is 5.00 Å². The molecule has 0 radical (unpaired) electrons. The monoisotopic (exact) mass is 296 g/mol. The molecule has 2 heterocycles. The van der Waals surface area contributed by atoms with E-state index in [0.717, 1.165) is 36.5 Å². The number of rotatable bonds is 7. The molecule has 1 fully saturated rings. The molecule has 112 valence electrons. The van der Waals surface area contributed by atoms with Gasteiger partial charge in [0.15, 0.2) is 0 Å². The SMILES string of the molecule is CCCCCCc1cc(N2CCCCC2)sc1[N+](=O)[O-]. The first kappa shape index (κ1) is 15.3. The van der Waals surface area contributed by atoms with E-state index in [2.05, 4.69) is 17.9 Å². The maximum absolute atomic E-state index is 11.2. The van der Waals surface area contributed by atoms with E-state index in [4.69, 9.17) is 0 Å². The second-order valence-corrected chi connectivity index (χ2v) is 6.54. The van der Waals surface area contributed by atoms with Crippen LogP contribution in [0.4, 0.5) is 10.0 Å². The Labute approximate surface area is 124 Å². The van der Waals surface area contributed by atoms with E-state index >= 15 is 0 Å². The predicted octanol–water partition coefficient (Wildman–Crippen LogP) is 4.77. The van der Waals surface area contributed by atoms with Crippen molar-refractivity contribution in [3.8, 4) is 0 Å². The third-order valence-electron chi connectivity index (χ3n) is 3.91. The maximum Gasteiger partial charge on any atom is 0.329 e. The van der Waals surface area contributed by atoms with E-state index in [-0.39, 0.29) is 4.92 Å². The average molecular weight is 296 g/mol. The van der Waals surface area contributed by atoms with Crippen LogP contribution in [0, 0.1) is 10.1 Å². The fourth-order valence-corrected chi connectivity index (χ4v) is 3.83. The van der Waals surface area contributed by atoms with E-state index in [9.17, 15) is 10.1 Å². The first-order valence-corrected chi connectivity index (χ1v) is 8.56. The summed E-state index contributed by atoms with van der Waals surface area (Å²) < 4.78 is 0. The van der Waals surface area contributed by atoms with Crippen molar-refractivity contribution in [2.75, 3.05) is 18.0 Å². The summed E-state index contributed by atoms with van der Waals surface area (Å²) >= 11 is 1.36. The van der Waals surface area contributed by atoms with Gasteiger partial charge in [-0.3, -0.25) is 10.1 Å². The Bertz CT molecular complexity index is 439. The Morgan fingerprint density at radius 2 is 2.00 bits per heavy atom. The molecule has 1 aromatic rings. The molecule has 0 atom stereocenters. The van der Waals surface area contributed by atoms with Crippen molar-refractivity contribution < 1.29 is 4.92 Å². The predicted molar refractivity (Wildman–Crippen MR) is 84.9 cm³/mol. The zero-order valence-corrected chi connectivity index (χ0v) is 13.1. The minimum absolute atomic E-state index is 0.201. The van der Waals surface area contributed by atoms with E-state index in [0.29, 0.717) is 5.00 Å². The van der Waals surface area contributed by atoms with Crippen molar-refractivity contribution in [3.63, 3.8) is 0 Å². The number of hydrogen-bond donors (Lipinski definition) is 0. The van der Waals surface area contributed by atoms with Gasteiger partial charge in [-0.1, -0.05) is 26.2 Å². The van der Waals surface area contributed by atoms with Gasteiger partial charge in [-0.2, -0.15) is 0 Å². The first-order chi connectivity index (χ1) is 9.72. The Kier molecular flexibility index (Phi) is 5.83. The van der Waals surface area contributed by atoms with Crippen LogP contribution in [0.5, 0.6) is 0 Å². The minimum atomic E-state index is -0.201. The molecule has 1 aliphatic heterocycles. The molecule has 0 N–H and O–H groups in total. The molecule has 5 heteroatoms. The largest absolute Gasteiger partial charge is 0.363 e. The number of piperidine rings is 1. The number of aryl methyl sites for hydroxylation is 1. The molecule has 0 amide bonds.